The van der Waals surface area contributed by atoms with Gasteiger partial charge in [0.15, 0.2) is 5.82 Å². The van der Waals surface area contributed by atoms with Gasteiger partial charge in [-0.2, -0.15) is 13.8 Å². The minimum absolute atomic E-state index is 0.0709. The number of alkyl halides is 2. The van der Waals surface area contributed by atoms with Gasteiger partial charge in [0.1, 0.15) is 17.3 Å². The fraction of sp³-hybridized carbons (Fsp3) is 0.174. The summed E-state index contributed by atoms with van der Waals surface area (Å²) < 4.78 is 33.4. The van der Waals surface area contributed by atoms with Crippen LogP contribution < -0.4 is 16.0 Å². The van der Waals surface area contributed by atoms with Gasteiger partial charge in [0, 0.05) is 12.3 Å². The first-order chi connectivity index (χ1) is 16.8. The van der Waals surface area contributed by atoms with Crippen LogP contribution in [-0.4, -0.2) is 37.7 Å². The fourth-order valence-electron chi connectivity index (χ4n) is 3.68. The smallest absolute Gasteiger partial charge is 0.370 e. The van der Waals surface area contributed by atoms with Gasteiger partial charge in [-0.05, 0) is 24.6 Å². The summed E-state index contributed by atoms with van der Waals surface area (Å²) in [5.41, 5.74) is 0.972. The van der Waals surface area contributed by atoms with Crippen molar-refractivity contribution in [3.05, 3.63) is 77.4 Å². The van der Waals surface area contributed by atoms with Crippen LogP contribution in [0.15, 0.2) is 59.3 Å². The zero-order valence-corrected chi connectivity index (χ0v) is 18.3. The Kier molecular flexibility index (Phi) is 5.57. The van der Waals surface area contributed by atoms with Crippen LogP contribution in [0.5, 0.6) is 0 Å². The third-order valence-corrected chi connectivity index (χ3v) is 5.34. The van der Waals surface area contributed by atoms with Crippen molar-refractivity contribution in [3.63, 3.8) is 0 Å². The Morgan fingerprint density at radius 3 is 2.63 bits per heavy atom. The van der Waals surface area contributed by atoms with E-state index >= 15 is 0 Å². The van der Waals surface area contributed by atoms with Crippen LogP contribution in [0, 0.1) is 6.92 Å². The van der Waals surface area contributed by atoms with E-state index in [1.807, 2.05) is 30.3 Å². The molecular weight excluding hydrogens is 460 g/mol. The molecule has 5 rings (SSSR count). The van der Waals surface area contributed by atoms with Crippen molar-refractivity contribution in [2.45, 2.75) is 19.0 Å². The Labute approximate surface area is 197 Å². The Balaban J connectivity index is 1.50. The van der Waals surface area contributed by atoms with Crippen molar-refractivity contribution >= 4 is 23.2 Å². The number of amides is 1. The van der Waals surface area contributed by atoms with Crippen molar-refractivity contribution < 1.29 is 23.2 Å². The van der Waals surface area contributed by atoms with Gasteiger partial charge in [0.2, 0.25) is 0 Å². The van der Waals surface area contributed by atoms with Crippen molar-refractivity contribution in [3.8, 4) is 11.5 Å². The van der Waals surface area contributed by atoms with Crippen molar-refractivity contribution in [2.24, 2.45) is 0 Å². The highest BCUT2D eigenvalue weighted by Gasteiger charge is 2.45. The zero-order chi connectivity index (χ0) is 24.6. The lowest BCUT2D eigenvalue weighted by Gasteiger charge is -2.20. The summed E-state index contributed by atoms with van der Waals surface area (Å²) >= 11 is 0. The van der Waals surface area contributed by atoms with E-state index in [0.717, 1.165) is 5.56 Å². The van der Waals surface area contributed by atoms with Crippen molar-refractivity contribution in [1.29, 1.82) is 0 Å². The lowest BCUT2D eigenvalue weighted by atomic mass is 10.1. The number of rotatable bonds is 7. The van der Waals surface area contributed by atoms with E-state index in [1.54, 1.807) is 18.3 Å². The summed E-state index contributed by atoms with van der Waals surface area (Å²) in [6.07, 6.45) is 1.48. The molecule has 0 saturated heterocycles. The maximum absolute atomic E-state index is 14.1. The summed E-state index contributed by atoms with van der Waals surface area (Å²) in [4.78, 5) is 24.2. The molecule has 1 aliphatic rings. The third-order valence-electron chi connectivity index (χ3n) is 5.34. The number of carbonyl (C=O) groups excluding carboxylic acids is 1. The Morgan fingerprint density at radius 2 is 1.91 bits per heavy atom. The summed E-state index contributed by atoms with van der Waals surface area (Å²) in [6, 6.07) is 9.58. The first-order valence-electron chi connectivity index (χ1n) is 10.6. The summed E-state index contributed by atoms with van der Waals surface area (Å²) in [5, 5.41) is 21.6. The molecule has 0 aliphatic carbocycles. The molecule has 0 radical (unpaired) electrons. The predicted molar refractivity (Wildman–Crippen MR) is 121 cm³/mol. The number of aliphatic hydroxyl groups is 1. The van der Waals surface area contributed by atoms with Crippen LogP contribution in [0.2, 0.25) is 0 Å². The molecule has 4 aromatic rings. The van der Waals surface area contributed by atoms with E-state index < -0.39 is 23.7 Å². The van der Waals surface area contributed by atoms with Crippen LogP contribution in [-0.2, 0) is 6.05 Å². The van der Waals surface area contributed by atoms with E-state index in [2.05, 4.69) is 30.7 Å². The molecule has 3 aromatic heterocycles. The van der Waals surface area contributed by atoms with Crippen LogP contribution in [0.3, 0.4) is 0 Å². The molecule has 1 aromatic carbocycles. The molecule has 1 aliphatic heterocycles. The molecule has 0 unspecified atom stereocenters. The van der Waals surface area contributed by atoms with Crippen molar-refractivity contribution in [2.75, 3.05) is 17.2 Å². The minimum atomic E-state index is -3.56. The lowest BCUT2D eigenvalue weighted by molar-refractivity contribution is -0.0278. The standard InChI is InChI=1S/C23H19F2N7O3/c1-12-27-22(35-32-12)15-10-26-19(9-16(15)28-17(11-33)13-5-3-2-4-6-13)29-18-8-7-14-20(30-18)23(24,25)31-21(14)34/h2-10,17,33H,11H2,1H3,(H,31,34)(H2,26,28,29,30)/t17-/m1/s1. The highest BCUT2D eigenvalue weighted by molar-refractivity contribution is 5.99. The third kappa shape index (κ3) is 4.38. The second kappa shape index (κ2) is 8.72. The molecular formula is C23H19F2N7O3. The molecule has 10 nitrogen and oxygen atoms in total. The normalized spacial score (nSPS) is 14.8. The number of aryl methyl sites for hydroxylation is 1. The van der Waals surface area contributed by atoms with Crippen LogP contribution in [0.25, 0.3) is 11.5 Å². The van der Waals surface area contributed by atoms with Gasteiger partial charge in [0.05, 0.1) is 29.5 Å². The van der Waals surface area contributed by atoms with Crippen molar-refractivity contribution in [1.82, 2.24) is 25.4 Å². The van der Waals surface area contributed by atoms with Gasteiger partial charge in [-0.1, -0.05) is 35.5 Å². The predicted octanol–water partition coefficient (Wildman–Crippen LogP) is 3.52. The number of halogens is 2. The highest BCUT2D eigenvalue weighted by atomic mass is 19.3. The Hall–Kier alpha value is -4.45. The lowest BCUT2D eigenvalue weighted by Crippen LogP contribution is -2.30. The molecule has 4 heterocycles. The van der Waals surface area contributed by atoms with Gasteiger partial charge in [0.25, 0.3) is 11.8 Å². The van der Waals surface area contributed by atoms with Gasteiger partial charge in [-0.25, -0.2) is 9.97 Å². The van der Waals surface area contributed by atoms with Gasteiger partial charge in [-0.3, -0.25) is 10.1 Å². The molecule has 0 saturated carbocycles. The Bertz CT molecular complexity index is 1400. The number of nitrogens with one attached hydrogen (secondary N) is 3. The number of aromatic nitrogens is 4. The SMILES string of the molecule is Cc1noc(-c2cnc(Nc3ccc4c(n3)C(F)(F)NC4=O)cc2N[C@H](CO)c2ccccc2)n1. The molecule has 1 atom stereocenters. The first kappa shape index (κ1) is 22.3. The second-order valence-electron chi connectivity index (χ2n) is 7.80. The van der Waals surface area contributed by atoms with Crippen LogP contribution >= 0.6 is 0 Å². The van der Waals surface area contributed by atoms with Crippen LogP contribution in [0.4, 0.5) is 26.1 Å². The number of pyridine rings is 2. The summed E-state index contributed by atoms with van der Waals surface area (Å²) in [6.45, 7) is 1.47. The molecule has 35 heavy (non-hydrogen) atoms. The van der Waals surface area contributed by atoms with E-state index in [9.17, 15) is 18.7 Å². The average Bonchev–Trinajstić information content (AvgIpc) is 3.37. The largest absolute Gasteiger partial charge is 0.394 e. The number of anilines is 3. The van der Waals surface area contributed by atoms with Crippen LogP contribution in [0.1, 0.15) is 33.5 Å². The molecule has 178 valence electrons. The topological polar surface area (TPSA) is 138 Å². The van der Waals surface area contributed by atoms with E-state index in [0.29, 0.717) is 17.1 Å². The average molecular weight is 479 g/mol. The number of benzene rings is 1. The fourth-order valence-corrected chi connectivity index (χ4v) is 3.68. The van der Waals surface area contributed by atoms with E-state index in [1.165, 1.54) is 18.3 Å². The minimum Gasteiger partial charge on any atom is -0.394 e. The second-order valence-corrected chi connectivity index (χ2v) is 7.80. The molecule has 0 bridgehead atoms. The summed E-state index contributed by atoms with van der Waals surface area (Å²) in [5.74, 6) is 0.102. The molecule has 1 amide bonds. The first-order valence-corrected chi connectivity index (χ1v) is 10.6. The number of nitrogens with zero attached hydrogens (tertiary/aromatic N) is 4. The van der Waals surface area contributed by atoms with Gasteiger partial charge in [-0.15, -0.1) is 0 Å². The van der Waals surface area contributed by atoms with E-state index in [-0.39, 0.29) is 29.7 Å². The maximum Gasteiger partial charge on any atom is 0.370 e. The molecule has 4 N–H and O–H groups in total. The number of hydrogen-bond acceptors (Lipinski definition) is 9. The number of fused-ring (bicyclic) bond motifs is 1. The molecule has 12 heteroatoms. The maximum atomic E-state index is 14.1. The molecule has 0 fully saturated rings. The monoisotopic (exact) mass is 479 g/mol. The number of hydrogen-bond donors (Lipinski definition) is 4. The van der Waals surface area contributed by atoms with E-state index in [4.69, 9.17) is 4.52 Å². The quantitative estimate of drug-likeness (QED) is 0.293. The highest BCUT2D eigenvalue weighted by Crippen LogP contribution is 2.35. The molecule has 0 spiro atoms. The zero-order valence-electron chi connectivity index (χ0n) is 18.3. The van der Waals surface area contributed by atoms with Gasteiger partial charge >= 0.3 is 6.05 Å². The number of carbonyl (C=O) groups is 1. The van der Waals surface area contributed by atoms with Gasteiger partial charge < -0.3 is 20.3 Å². The Morgan fingerprint density at radius 1 is 1.11 bits per heavy atom. The number of aliphatic hydroxyl groups excluding tert-OH is 1. The summed E-state index contributed by atoms with van der Waals surface area (Å²) in [7, 11) is 0.